The largest absolute Gasteiger partial charge is 0.490 e. The Balaban J connectivity index is 1.40. The fraction of sp³-hybridized carbons (Fsp3) is 0.531. The third-order valence-corrected chi connectivity index (χ3v) is 11.3. The summed E-state index contributed by atoms with van der Waals surface area (Å²) < 4.78 is 34.5. The number of benzene rings is 2. The summed E-state index contributed by atoms with van der Waals surface area (Å²) in [7, 11) is -3.99. The number of aryl methyl sites for hydroxylation is 1. The molecular weight excluding hydrogens is 576 g/mol. The molecule has 0 saturated heterocycles. The number of anilines is 1. The third kappa shape index (κ3) is 5.94. The number of carbonyl (C=O) groups is 1. The molecule has 0 radical (unpaired) electrons. The van der Waals surface area contributed by atoms with Gasteiger partial charge in [-0.1, -0.05) is 29.8 Å². The lowest BCUT2D eigenvalue weighted by Gasteiger charge is -2.45. The maximum absolute atomic E-state index is 13.2. The maximum atomic E-state index is 13.2. The first-order valence-electron chi connectivity index (χ1n) is 15.0. The van der Waals surface area contributed by atoms with Crippen LogP contribution in [0.3, 0.4) is 0 Å². The zero-order valence-electron chi connectivity index (χ0n) is 23.7. The quantitative estimate of drug-likeness (QED) is 0.412. The van der Waals surface area contributed by atoms with Crippen LogP contribution in [0.1, 0.15) is 60.0 Å². The first-order chi connectivity index (χ1) is 20.2. The van der Waals surface area contributed by atoms with E-state index >= 15 is 0 Å². The van der Waals surface area contributed by atoms with E-state index in [-0.39, 0.29) is 35.2 Å². The molecule has 1 spiro atoms. The van der Waals surface area contributed by atoms with Crippen molar-refractivity contribution in [2.24, 2.45) is 17.8 Å². The summed E-state index contributed by atoms with van der Waals surface area (Å²) in [6.07, 6.45) is 8.89. The average molecular weight is 615 g/mol. The monoisotopic (exact) mass is 614 g/mol. The fourth-order valence-electron chi connectivity index (χ4n) is 7.31. The summed E-state index contributed by atoms with van der Waals surface area (Å²) in [6, 6.07) is 11.2. The second-order valence-corrected chi connectivity index (χ2v) is 14.8. The summed E-state index contributed by atoms with van der Waals surface area (Å²) in [6.45, 7) is 1.53. The second kappa shape index (κ2) is 11.8. The molecular formula is C32H39ClN2O6S. The van der Waals surface area contributed by atoms with Gasteiger partial charge in [0.05, 0.1) is 24.2 Å². The van der Waals surface area contributed by atoms with Gasteiger partial charge in [0.15, 0.2) is 0 Å². The van der Waals surface area contributed by atoms with Crippen LogP contribution in [0.4, 0.5) is 5.69 Å². The fourth-order valence-corrected chi connectivity index (χ4v) is 8.85. The summed E-state index contributed by atoms with van der Waals surface area (Å²) in [5, 5.41) is 21.6. The van der Waals surface area contributed by atoms with E-state index in [9.17, 15) is 23.4 Å². The highest BCUT2D eigenvalue weighted by molar-refractivity contribution is 7.90. The van der Waals surface area contributed by atoms with E-state index in [0.717, 1.165) is 42.8 Å². The molecule has 0 unspecified atom stereocenters. The van der Waals surface area contributed by atoms with Crippen molar-refractivity contribution in [1.82, 2.24) is 4.72 Å². The van der Waals surface area contributed by atoms with Gasteiger partial charge in [-0.15, -0.1) is 0 Å². The Labute approximate surface area is 252 Å². The standard InChI is InChI=1S/C32H39ClN2O6S/c33-25-9-11-27-22(14-25)5-3-13-32(27)19-35-16-24-7-10-26(24)29(37)6-2-1-4-21(17-36)18-42(39,40)34-31(38)23-8-12-30(41-20-32)28(35)15-23/h1-2,8-9,11-12,14-15,21,24,26,29,36-37H,3-7,10,13,16-20H2,(H,34,38)/b2-1+/t21-,24-,26+,29-,32-/m0/s1. The van der Waals surface area contributed by atoms with Crippen molar-refractivity contribution < 1.29 is 28.2 Å². The smallest absolute Gasteiger partial charge is 0.264 e. The number of sulfonamides is 1. The van der Waals surface area contributed by atoms with Crippen molar-refractivity contribution in [2.75, 3.05) is 37.0 Å². The lowest BCUT2D eigenvalue weighted by Crippen LogP contribution is -2.49. The summed E-state index contributed by atoms with van der Waals surface area (Å²) in [4.78, 5) is 15.5. The normalized spacial score (nSPS) is 31.8. The van der Waals surface area contributed by atoms with E-state index in [1.165, 1.54) is 11.1 Å². The third-order valence-electron chi connectivity index (χ3n) is 9.70. The summed E-state index contributed by atoms with van der Waals surface area (Å²) in [5.74, 6) is -0.571. The molecule has 5 atom stereocenters. The molecule has 1 fully saturated rings. The Kier molecular flexibility index (Phi) is 8.30. The van der Waals surface area contributed by atoms with E-state index < -0.39 is 28.0 Å². The molecule has 8 nitrogen and oxygen atoms in total. The van der Waals surface area contributed by atoms with Crippen LogP contribution in [-0.2, 0) is 21.9 Å². The Morgan fingerprint density at radius 2 is 1.95 bits per heavy atom. The van der Waals surface area contributed by atoms with Crippen LogP contribution in [-0.4, -0.2) is 62.7 Å². The van der Waals surface area contributed by atoms with E-state index in [1.807, 2.05) is 18.2 Å². The Morgan fingerprint density at radius 3 is 2.74 bits per heavy atom. The minimum absolute atomic E-state index is 0.145. The SMILES string of the molecule is O=C1NS(=O)(=O)C[C@H](CO)C/C=C/C[C@H](O)[C@@H]2CC[C@H]2CN2C[C@@]3(CCCc4cc(Cl)ccc43)COc3ccc1cc32. The minimum atomic E-state index is -3.99. The molecule has 226 valence electrons. The molecule has 6 rings (SSSR count). The molecule has 1 saturated carbocycles. The summed E-state index contributed by atoms with van der Waals surface area (Å²) >= 11 is 6.38. The molecule has 2 bridgehead atoms. The number of nitrogens with zero attached hydrogens (tertiary/aromatic N) is 1. The predicted molar refractivity (Wildman–Crippen MR) is 163 cm³/mol. The second-order valence-electron chi connectivity index (χ2n) is 12.6. The lowest BCUT2D eigenvalue weighted by molar-refractivity contribution is 0.0177. The van der Waals surface area contributed by atoms with E-state index in [2.05, 4.69) is 21.8 Å². The van der Waals surface area contributed by atoms with E-state index in [0.29, 0.717) is 38.3 Å². The molecule has 2 aliphatic heterocycles. The number of fused-ring (bicyclic) bond motifs is 4. The Bertz CT molecular complexity index is 1480. The number of hydrogen-bond donors (Lipinski definition) is 3. The molecule has 2 aromatic carbocycles. The number of amides is 1. The molecule has 0 aromatic heterocycles. The van der Waals surface area contributed by atoms with Gasteiger partial charge in [0.2, 0.25) is 10.0 Å². The number of aliphatic hydroxyl groups excluding tert-OH is 2. The Morgan fingerprint density at radius 1 is 1.12 bits per heavy atom. The molecule has 1 amide bonds. The van der Waals surface area contributed by atoms with Crippen molar-refractivity contribution >= 4 is 33.2 Å². The zero-order chi connectivity index (χ0) is 29.5. The van der Waals surface area contributed by atoms with E-state index in [4.69, 9.17) is 16.3 Å². The van der Waals surface area contributed by atoms with Crippen LogP contribution in [0.5, 0.6) is 5.75 Å². The van der Waals surface area contributed by atoms with Gasteiger partial charge in [0, 0.05) is 41.6 Å². The molecule has 2 heterocycles. The topological polar surface area (TPSA) is 116 Å². The lowest BCUT2D eigenvalue weighted by atomic mass is 9.68. The molecule has 2 aliphatic carbocycles. The van der Waals surface area contributed by atoms with E-state index in [1.54, 1.807) is 18.2 Å². The van der Waals surface area contributed by atoms with Crippen LogP contribution in [0.15, 0.2) is 48.6 Å². The zero-order valence-corrected chi connectivity index (χ0v) is 25.2. The number of nitrogens with one attached hydrogen (secondary N) is 1. The predicted octanol–water partition coefficient (Wildman–Crippen LogP) is 4.22. The number of allylic oxidation sites excluding steroid dienone is 1. The van der Waals surface area contributed by atoms with Gasteiger partial charge in [-0.2, -0.15) is 0 Å². The number of rotatable bonds is 1. The van der Waals surface area contributed by atoms with Gasteiger partial charge in [0.1, 0.15) is 5.75 Å². The molecule has 10 heteroatoms. The first-order valence-corrected chi connectivity index (χ1v) is 17.0. The molecule has 42 heavy (non-hydrogen) atoms. The van der Waals surface area contributed by atoms with Crippen molar-refractivity contribution in [3.63, 3.8) is 0 Å². The highest BCUT2D eigenvalue weighted by atomic mass is 35.5. The van der Waals surface area contributed by atoms with Gasteiger partial charge in [-0.25, -0.2) is 13.1 Å². The highest BCUT2D eigenvalue weighted by Gasteiger charge is 2.44. The van der Waals surface area contributed by atoms with Gasteiger partial charge >= 0.3 is 0 Å². The van der Waals surface area contributed by atoms with Crippen LogP contribution < -0.4 is 14.4 Å². The van der Waals surface area contributed by atoms with Gasteiger partial charge < -0.3 is 19.8 Å². The van der Waals surface area contributed by atoms with Crippen molar-refractivity contribution in [2.45, 2.75) is 56.5 Å². The van der Waals surface area contributed by atoms with Gasteiger partial charge in [0.25, 0.3) is 5.91 Å². The van der Waals surface area contributed by atoms with Crippen LogP contribution >= 0.6 is 11.6 Å². The molecule has 2 aromatic rings. The number of hydrogen-bond acceptors (Lipinski definition) is 7. The van der Waals surface area contributed by atoms with Crippen molar-refractivity contribution in [3.05, 3.63) is 70.3 Å². The maximum Gasteiger partial charge on any atom is 0.264 e. The Hall–Kier alpha value is -2.59. The van der Waals surface area contributed by atoms with Gasteiger partial charge in [-0.3, -0.25) is 4.79 Å². The minimum Gasteiger partial charge on any atom is -0.490 e. The number of aliphatic hydroxyl groups is 2. The highest BCUT2D eigenvalue weighted by Crippen LogP contribution is 2.46. The summed E-state index contributed by atoms with van der Waals surface area (Å²) in [5.41, 5.74) is 3.20. The van der Waals surface area contributed by atoms with Crippen molar-refractivity contribution in [1.29, 1.82) is 0 Å². The van der Waals surface area contributed by atoms with Crippen LogP contribution in [0.25, 0.3) is 0 Å². The molecule has 4 aliphatic rings. The van der Waals surface area contributed by atoms with Gasteiger partial charge in [-0.05, 0) is 98.2 Å². The number of ether oxygens (including phenoxy) is 1. The first kappa shape index (κ1) is 29.5. The van der Waals surface area contributed by atoms with Crippen molar-refractivity contribution in [3.8, 4) is 5.75 Å². The number of carbonyl (C=O) groups excluding carboxylic acids is 1. The van der Waals surface area contributed by atoms with Crippen LogP contribution in [0, 0.1) is 17.8 Å². The average Bonchev–Trinajstić information content (AvgIpc) is 3.08. The number of halogens is 1. The molecule has 3 N–H and O–H groups in total. The van der Waals surface area contributed by atoms with Crippen LogP contribution in [0.2, 0.25) is 5.02 Å².